The van der Waals surface area contributed by atoms with Crippen LogP contribution >= 0.6 is 0 Å². The van der Waals surface area contributed by atoms with Crippen molar-refractivity contribution in [3.63, 3.8) is 0 Å². The first kappa shape index (κ1) is 87.8. The summed E-state index contributed by atoms with van der Waals surface area (Å²) in [5.74, 6) is -13.4. The molecule has 0 aliphatic carbocycles. The van der Waals surface area contributed by atoms with Gasteiger partial charge in [0, 0.05) is 121 Å². The van der Waals surface area contributed by atoms with Crippen LogP contribution in [0.3, 0.4) is 0 Å². The van der Waals surface area contributed by atoms with Gasteiger partial charge in [-0.2, -0.15) is 0 Å². The zero-order chi connectivity index (χ0) is 84.4. The summed E-state index contributed by atoms with van der Waals surface area (Å²) in [6.07, 6.45) is -10.1. The van der Waals surface area contributed by atoms with Gasteiger partial charge in [0.15, 0.2) is 49.2 Å². The van der Waals surface area contributed by atoms with Crippen molar-refractivity contribution < 1.29 is 84.0 Å². The van der Waals surface area contributed by atoms with Crippen molar-refractivity contribution in [1.82, 2.24) is 57.3 Å². The molecule has 0 bridgehead atoms. The maximum absolute atomic E-state index is 14.7. The maximum atomic E-state index is 14.7. The SMILES string of the molecule is CCS(=O)(=O)C[C@H]1C[C@H](n2ccc(=O)[nH]c2=O)O[C@@H]1CCS(=O)(=O)C[C@H]1C[C@H](n2ccc(=O)[nH]c2=O)O[C@@H]1CCS(=O)(=O)C[C@H]1C[C@H](n2ccc(=O)[nH]c2=O)O[C@@H]1CCS(=O)(=O)C[C@H]1C[C@H](n2ccc(=O)[nH]c2=O)O[C@@H]1CCS(=O)(=O)C[C@H]1C[C@H](n2ccc(=O)[nH]c2=O)O[C@@H]1CCS(=O)(=O)C[C@H]1C[C@H](n2ccc(=O)[nH]c2=O)O[C@@H]1CCO. The molecule has 0 spiro atoms. The molecule has 0 amide bonds. The number of nitrogens with zero attached hydrogens (tertiary/aromatic N) is 6. The molecule has 6 fully saturated rings. The van der Waals surface area contributed by atoms with Crippen LogP contribution < -0.4 is 67.5 Å². The van der Waals surface area contributed by atoms with E-state index in [0.717, 1.165) is 94.8 Å². The Morgan fingerprint density at radius 1 is 0.282 bits per heavy atom. The molecule has 6 aromatic heterocycles. The molecule has 644 valence electrons. The average molecular weight is 1760 g/mol. The number of aliphatic hydroxyl groups excluding tert-OH is 1. The van der Waals surface area contributed by atoms with Crippen LogP contribution in [0.15, 0.2) is 131 Å². The predicted octanol–water partition coefficient (Wildman–Crippen LogP) is -4.45. The van der Waals surface area contributed by atoms with Crippen molar-refractivity contribution in [2.75, 3.05) is 75.6 Å². The fraction of sp³-hybridized carbons (Fsp3) is 0.647. The number of H-pyrrole nitrogens is 6. The lowest BCUT2D eigenvalue weighted by molar-refractivity contribution is -0.0161. The number of nitrogens with one attached hydrogen (secondary N) is 6. The van der Waals surface area contributed by atoms with Gasteiger partial charge in [0.25, 0.3) is 33.4 Å². The van der Waals surface area contributed by atoms with Gasteiger partial charge in [-0.1, -0.05) is 6.92 Å². The van der Waals surface area contributed by atoms with Crippen molar-refractivity contribution >= 4 is 59.0 Å². The Morgan fingerprint density at radius 2 is 0.444 bits per heavy atom. The molecule has 6 saturated heterocycles. The first-order chi connectivity index (χ1) is 55.1. The second-order valence-corrected chi connectivity index (χ2v) is 44.1. The van der Waals surface area contributed by atoms with Gasteiger partial charge in [0.05, 0.1) is 99.9 Å². The maximum Gasteiger partial charge on any atom is 0.330 e. The summed E-state index contributed by atoms with van der Waals surface area (Å²) in [5, 5.41) is 9.85. The zero-order valence-corrected chi connectivity index (χ0v) is 67.7. The standard InChI is InChI=1S/C68H90N12O31S6/c1-2-112(94,95)33-39-27-58(76-16-4-52(83)70-64(76)89)107-46(39)10-22-114(98,99)35-41-29-60(78-18-6-54(85)72-66(78)91)109-48(41)12-24-116(102,103)37-43-31-62(80-20-8-56(87)74-68(80)93)111-50(43)14-26-117(104,105)38-44-32-61(79-19-7-55(86)73-67(79)92)110-49(44)13-25-115(100,101)36-42-30-59(77-17-5-53(84)71-65(77)90)108-47(42)11-23-113(96,97)34-40-28-57(106-45(40)9-21-81)75-15-3-51(82)69-63(75)88/h3-8,15-20,39-50,57-62,81H,2,9-14,21-38H2,1H3,(H,69,82,88)(H,70,83,89)(H,71,84,90)(H,72,85,91)(H,73,86,92)(H,74,87,93)/t39-,40-,41-,42-,43-,44-,45-,46-,47-,48-,49-,50-,57-,58-,59-,60-,61-,62-/m1/s1. The Kier molecular flexibility index (Phi) is 26.9. The summed E-state index contributed by atoms with van der Waals surface area (Å²) in [5.41, 5.74) is -9.97. The van der Waals surface area contributed by atoms with E-state index < -0.39 is 325 Å². The third-order valence-corrected chi connectivity index (χ3v) is 33.2. The molecule has 0 radical (unpaired) electrons. The van der Waals surface area contributed by atoms with Gasteiger partial charge in [-0.3, -0.25) is 86.1 Å². The molecule has 12 rings (SSSR count). The topological polar surface area (TPSA) is 610 Å². The quantitative estimate of drug-likeness (QED) is 0.0195. The van der Waals surface area contributed by atoms with Gasteiger partial charge in [-0.15, -0.1) is 0 Å². The first-order valence-electron chi connectivity index (χ1n) is 37.7. The van der Waals surface area contributed by atoms with Crippen LogP contribution in [-0.2, 0) is 87.4 Å². The smallest absolute Gasteiger partial charge is 0.330 e. The highest BCUT2D eigenvalue weighted by molar-refractivity contribution is 7.92. The molecule has 7 N–H and O–H groups in total. The van der Waals surface area contributed by atoms with Crippen molar-refractivity contribution in [3.05, 3.63) is 199 Å². The van der Waals surface area contributed by atoms with Crippen LogP contribution in [0.25, 0.3) is 0 Å². The summed E-state index contributed by atoms with van der Waals surface area (Å²) >= 11 is 0. The van der Waals surface area contributed by atoms with Crippen molar-refractivity contribution in [3.8, 4) is 0 Å². The summed E-state index contributed by atoms with van der Waals surface area (Å²) in [6.45, 7) is 1.02. The molecule has 117 heavy (non-hydrogen) atoms. The molecule has 43 nitrogen and oxygen atoms in total. The largest absolute Gasteiger partial charge is 0.396 e. The van der Waals surface area contributed by atoms with E-state index in [-0.39, 0.29) is 63.5 Å². The van der Waals surface area contributed by atoms with E-state index in [0.29, 0.717) is 0 Å². The lowest BCUT2D eigenvalue weighted by Gasteiger charge is -2.22. The van der Waals surface area contributed by atoms with Crippen LogP contribution in [0.4, 0.5) is 0 Å². The molecule has 18 atom stereocenters. The fourth-order valence-corrected chi connectivity index (χ4v) is 26.7. The molecule has 6 aromatic rings. The number of rotatable bonds is 36. The van der Waals surface area contributed by atoms with E-state index in [2.05, 4.69) is 29.9 Å². The Labute approximate surface area is 664 Å². The zero-order valence-electron chi connectivity index (χ0n) is 62.8. The third kappa shape index (κ3) is 22.3. The van der Waals surface area contributed by atoms with Crippen LogP contribution in [-0.4, -0.2) is 225 Å². The van der Waals surface area contributed by atoms with Crippen LogP contribution in [0.1, 0.15) is 121 Å². The molecule has 6 aliphatic rings. The van der Waals surface area contributed by atoms with E-state index in [1.807, 2.05) is 0 Å². The van der Waals surface area contributed by atoms with Gasteiger partial charge in [-0.05, 0) is 77.0 Å². The number of ether oxygens (including phenoxy) is 6. The lowest BCUT2D eigenvalue weighted by atomic mass is 10.0. The average Bonchev–Trinajstić information content (AvgIpc) is 1.67. The number of sulfone groups is 6. The van der Waals surface area contributed by atoms with Gasteiger partial charge in [-0.25, -0.2) is 79.3 Å². The molecule has 0 saturated carbocycles. The second-order valence-electron chi connectivity index (χ2n) is 30.6. The molecule has 0 unspecified atom stereocenters. The van der Waals surface area contributed by atoms with E-state index in [1.165, 1.54) is 13.1 Å². The summed E-state index contributed by atoms with van der Waals surface area (Å²) in [6, 6.07) is 6.16. The Morgan fingerprint density at radius 3 is 0.598 bits per heavy atom. The molecular weight excluding hydrogens is 1670 g/mol. The van der Waals surface area contributed by atoms with E-state index in [9.17, 15) is 113 Å². The van der Waals surface area contributed by atoms with E-state index >= 15 is 0 Å². The Bertz CT molecular complexity index is 6160. The Balaban J connectivity index is 0.729. The summed E-state index contributed by atoms with van der Waals surface area (Å²) in [7, 11) is -25.1. The minimum Gasteiger partial charge on any atom is -0.396 e. The first-order valence-corrected chi connectivity index (χ1v) is 48.7. The number of hydrogen-bond donors (Lipinski definition) is 7. The van der Waals surface area contributed by atoms with Gasteiger partial charge < -0.3 is 33.5 Å². The highest BCUT2D eigenvalue weighted by Crippen LogP contribution is 2.43. The molecule has 12 heterocycles. The number of hydrogen-bond acceptors (Lipinski definition) is 31. The van der Waals surface area contributed by atoms with Crippen molar-refractivity contribution in [2.45, 2.75) is 158 Å². The van der Waals surface area contributed by atoms with Crippen molar-refractivity contribution in [2.24, 2.45) is 35.5 Å². The highest BCUT2D eigenvalue weighted by Gasteiger charge is 2.48. The molecule has 49 heteroatoms. The van der Waals surface area contributed by atoms with Crippen LogP contribution in [0.5, 0.6) is 0 Å². The van der Waals surface area contributed by atoms with Gasteiger partial charge >= 0.3 is 34.1 Å². The second kappa shape index (κ2) is 35.8. The monoisotopic (exact) mass is 1760 g/mol. The number of aromatic amines is 6. The number of aliphatic hydroxyl groups is 1. The summed E-state index contributed by atoms with van der Waals surface area (Å²) in [4.78, 5) is 163. The predicted molar refractivity (Wildman–Crippen MR) is 412 cm³/mol. The van der Waals surface area contributed by atoms with Crippen molar-refractivity contribution in [1.29, 1.82) is 0 Å². The fourth-order valence-electron chi connectivity index (χ4n) is 16.6. The Hall–Kier alpha value is -8.50. The normalized spacial score (nSPS) is 27.9. The van der Waals surface area contributed by atoms with Crippen LogP contribution in [0, 0.1) is 35.5 Å². The van der Waals surface area contributed by atoms with E-state index in [1.54, 1.807) is 0 Å². The molecule has 0 aromatic carbocycles. The minimum atomic E-state index is -4.40. The molecular formula is C68H90N12O31S6. The molecule has 6 aliphatic heterocycles. The third-order valence-electron chi connectivity index (χ3n) is 22.4. The summed E-state index contributed by atoms with van der Waals surface area (Å²) < 4.78 is 213. The van der Waals surface area contributed by atoms with Gasteiger partial charge in [0.1, 0.15) is 47.2 Å². The minimum absolute atomic E-state index is 0.0152. The van der Waals surface area contributed by atoms with E-state index in [4.69, 9.17) is 28.4 Å². The van der Waals surface area contributed by atoms with Gasteiger partial charge in [0.2, 0.25) is 0 Å². The number of aromatic nitrogens is 12. The van der Waals surface area contributed by atoms with Crippen LogP contribution in [0.2, 0.25) is 0 Å². The highest BCUT2D eigenvalue weighted by atomic mass is 32.2. The lowest BCUT2D eigenvalue weighted by Crippen LogP contribution is -2.33.